The zero-order chi connectivity index (χ0) is 24.7. The number of nitrogens with two attached hydrogens (primary N) is 1. The highest BCUT2D eigenvalue weighted by Gasteiger charge is 2.31. The Kier molecular flexibility index (Phi) is 5.79. The van der Waals surface area contributed by atoms with E-state index in [1.165, 1.54) is 6.07 Å². The van der Waals surface area contributed by atoms with Gasteiger partial charge in [0.1, 0.15) is 18.2 Å². The number of nitrogens with zero attached hydrogens (tertiary/aromatic N) is 3. The standard InChI is InChI=1S/C24H24F3N5O3/c1-13(14-5-15(24(25,26)27)7-16(28)6-14)30-23-18-8-21(35-17-3-4-34-11-17)20(33-2)9-19(18)32-12-29-10-22(32)31-23/h5-10,12-13,17H,3-4,11,28H2,1-2H3,(H,30,31)/t13-,17?/m1/s1. The summed E-state index contributed by atoms with van der Waals surface area (Å²) in [5, 5.41) is 3.94. The Morgan fingerprint density at radius 2 is 2.03 bits per heavy atom. The summed E-state index contributed by atoms with van der Waals surface area (Å²) >= 11 is 0. The first-order valence-corrected chi connectivity index (χ1v) is 11.1. The molecule has 1 saturated heterocycles. The van der Waals surface area contributed by atoms with E-state index in [4.69, 9.17) is 19.9 Å². The van der Waals surface area contributed by atoms with Gasteiger partial charge < -0.3 is 25.3 Å². The molecule has 35 heavy (non-hydrogen) atoms. The van der Waals surface area contributed by atoms with Crippen molar-refractivity contribution >= 4 is 28.1 Å². The van der Waals surface area contributed by atoms with E-state index in [9.17, 15) is 13.2 Å². The molecule has 2 atom stereocenters. The Morgan fingerprint density at radius 1 is 1.20 bits per heavy atom. The number of hydrogen-bond acceptors (Lipinski definition) is 7. The molecule has 1 aliphatic rings. The molecule has 1 aliphatic heterocycles. The molecule has 0 aliphatic carbocycles. The fourth-order valence-electron chi connectivity index (χ4n) is 4.20. The minimum atomic E-state index is -4.50. The molecule has 1 unspecified atom stereocenters. The molecule has 11 heteroatoms. The lowest BCUT2D eigenvalue weighted by Gasteiger charge is -2.21. The highest BCUT2D eigenvalue weighted by Crippen LogP contribution is 2.38. The number of nitrogen functional groups attached to an aromatic ring is 1. The van der Waals surface area contributed by atoms with Gasteiger partial charge in [0.05, 0.1) is 43.6 Å². The van der Waals surface area contributed by atoms with E-state index < -0.39 is 17.8 Å². The molecule has 0 bridgehead atoms. The number of fused-ring (bicyclic) bond motifs is 3. The summed E-state index contributed by atoms with van der Waals surface area (Å²) in [6.07, 6.45) is -0.604. The third-order valence-electron chi connectivity index (χ3n) is 5.98. The first-order valence-electron chi connectivity index (χ1n) is 11.1. The summed E-state index contributed by atoms with van der Waals surface area (Å²) < 4.78 is 58.9. The van der Waals surface area contributed by atoms with Crippen molar-refractivity contribution in [3.63, 3.8) is 0 Å². The molecule has 0 amide bonds. The molecule has 0 radical (unpaired) electrons. The van der Waals surface area contributed by atoms with Crippen LogP contribution in [0.3, 0.4) is 0 Å². The summed E-state index contributed by atoms with van der Waals surface area (Å²) in [5.41, 5.74) is 6.70. The van der Waals surface area contributed by atoms with Crippen LogP contribution in [0.5, 0.6) is 11.5 Å². The third-order valence-corrected chi connectivity index (χ3v) is 5.98. The lowest BCUT2D eigenvalue weighted by Crippen LogP contribution is -2.16. The van der Waals surface area contributed by atoms with E-state index in [0.29, 0.717) is 47.1 Å². The lowest BCUT2D eigenvalue weighted by molar-refractivity contribution is -0.137. The van der Waals surface area contributed by atoms with Gasteiger partial charge in [0.25, 0.3) is 0 Å². The monoisotopic (exact) mass is 487 g/mol. The molecule has 1 fully saturated rings. The van der Waals surface area contributed by atoms with Crippen LogP contribution in [-0.2, 0) is 10.9 Å². The normalized spacial score (nSPS) is 17.1. The Morgan fingerprint density at radius 3 is 2.74 bits per heavy atom. The van der Waals surface area contributed by atoms with Gasteiger partial charge in [-0.25, -0.2) is 9.97 Å². The van der Waals surface area contributed by atoms with E-state index >= 15 is 0 Å². The van der Waals surface area contributed by atoms with Crippen LogP contribution in [0.2, 0.25) is 0 Å². The average molecular weight is 487 g/mol. The first-order chi connectivity index (χ1) is 16.7. The molecule has 5 rings (SSSR count). The minimum absolute atomic E-state index is 0.0340. The summed E-state index contributed by atoms with van der Waals surface area (Å²) in [5.74, 6) is 1.53. The molecule has 2 aromatic carbocycles. The van der Waals surface area contributed by atoms with Crippen LogP contribution >= 0.6 is 0 Å². The highest BCUT2D eigenvalue weighted by molar-refractivity contribution is 5.94. The maximum atomic E-state index is 13.3. The first kappa shape index (κ1) is 23.0. The Balaban J connectivity index is 1.59. The molecule has 3 N–H and O–H groups in total. The van der Waals surface area contributed by atoms with E-state index in [0.717, 1.165) is 24.1 Å². The number of ether oxygens (including phenoxy) is 3. The topological polar surface area (TPSA) is 95.9 Å². The van der Waals surface area contributed by atoms with E-state index in [-0.39, 0.29) is 11.8 Å². The second kappa shape index (κ2) is 8.81. The fraction of sp³-hybridized carbons (Fsp3) is 0.333. The second-order valence-corrected chi connectivity index (χ2v) is 8.46. The number of halogens is 3. The van der Waals surface area contributed by atoms with E-state index in [1.54, 1.807) is 31.0 Å². The predicted octanol–water partition coefficient (Wildman–Crippen LogP) is 4.83. The SMILES string of the molecule is COc1cc2c(cc1OC1CCOC1)c(N[C@H](C)c1cc(N)cc(C(F)(F)F)c1)nc1cncn12. The summed E-state index contributed by atoms with van der Waals surface area (Å²) in [7, 11) is 1.56. The third kappa shape index (κ3) is 4.51. The van der Waals surface area contributed by atoms with Crippen molar-refractivity contribution in [2.24, 2.45) is 0 Å². The van der Waals surface area contributed by atoms with Crippen molar-refractivity contribution in [3.8, 4) is 11.5 Å². The molecular weight excluding hydrogens is 463 g/mol. The number of alkyl halides is 3. The largest absolute Gasteiger partial charge is 0.493 e. The van der Waals surface area contributed by atoms with Crippen LogP contribution in [0.15, 0.2) is 42.9 Å². The molecular formula is C24H24F3N5O3. The van der Waals surface area contributed by atoms with Crippen LogP contribution in [0.4, 0.5) is 24.7 Å². The second-order valence-electron chi connectivity index (χ2n) is 8.46. The van der Waals surface area contributed by atoms with E-state index in [1.807, 2.05) is 12.1 Å². The number of anilines is 2. The number of imidazole rings is 1. The Hall–Kier alpha value is -3.73. The predicted molar refractivity (Wildman–Crippen MR) is 125 cm³/mol. The molecule has 8 nitrogen and oxygen atoms in total. The summed E-state index contributed by atoms with van der Waals surface area (Å²) in [6, 6.07) is 6.64. The van der Waals surface area contributed by atoms with Gasteiger partial charge in [-0.05, 0) is 36.8 Å². The van der Waals surface area contributed by atoms with Gasteiger partial charge in [0.2, 0.25) is 0 Å². The van der Waals surface area contributed by atoms with Crippen LogP contribution in [0.1, 0.15) is 30.5 Å². The van der Waals surface area contributed by atoms with Crippen LogP contribution < -0.4 is 20.5 Å². The highest BCUT2D eigenvalue weighted by atomic mass is 19.4. The van der Waals surface area contributed by atoms with Gasteiger partial charge in [0, 0.05) is 23.6 Å². The molecule has 0 spiro atoms. The smallest absolute Gasteiger partial charge is 0.416 e. The zero-order valence-corrected chi connectivity index (χ0v) is 19.1. The van der Waals surface area contributed by atoms with Gasteiger partial charge in [-0.1, -0.05) is 0 Å². The Bertz CT molecular complexity index is 1380. The fourth-order valence-corrected chi connectivity index (χ4v) is 4.20. The maximum Gasteiger partial charge on any atom is 0.416 e. The van der Waals surface area contributed by atoms with Crippen molar-refractivity contribution in [1.29, 1.82) is 0 Å². The van der Waals surface area contributed by atoms with Gasteiger partial charge >= 0.3 is 6.18 Å². The molecule has 0 saturated carbocycles. The number of hydrogen-bond donors (Lipinski definition) is 2. The van der Waals surface area contributed by atoms with Crippen molar-refractivity contribution in [2.45, 2.75) is 31.7 Å². The Labute approximate surface area is 198 Å². The number of methoxy groups -OCH3 is 1. The van der Waals surface area contributed by atoms with Crippen LogP contribution in [0.25, 0.3) is 16.6 Å². The number of rotatable bonds is 6. The number of aromatic nitrogens is 3. The zero-order valence-electron chi connectivity index (χ0n) is 19.1. The maximum absolute atomic E-state index is 13.3. The van der Waals surface area contributed by atoms with Crippen molar-refractivity contribution in [2.75, 3.05) is 31.4 Å². The molecule has 3 heterocycles. The number of nitrogens with one attached hydrogen (secondary N) is 1. The van der Waals surface area contributed by atoms with Gasteiger partial charge in [-0.15, -0.1) is 0 Å². The average Bonchev–Trinajstić information content (AvgIpc) is 3.50. The summed E-state index contributed by atoms with van der Waals surface area (Å²) in [4.78, 5) is 8.85. The van der Waals surface area contributed by atoms with Gasteiger partial charge in [-0.2, -0.15) is 13.2 Å². The summed E-state index contributed by atoms with van der Waals surface area (Å²) in [6.45, 7) is 2.86. The van der Waals surface area contributed by atoms with Crippen LogP contribution in [-0.4, -0.2) is 40.8 Å². The number of benzene rings is 2. The minimum Gasteiger partial charge on any atom is -0.493 e. The van der Waals surface area contributed by atoms with Crippen molar-refractivity contribution < 1.29 is 27.4 Å². The van der Waals surface area contributed by atoms with E-state index in [2.05, 4.69) is 15.3 Å². The molecule has 4 aromatic rings. The van der Waals surface area contributed by atoms with Gasteiger partial charge in [0.15, 0.2) is 17.1 Å². The van der Waals surface area contributed by atoms with Gasteiger partial charge in [-0.3, -0.25) is 4.40 Å². The quantitative estimate of drug-likeness (QED) is 0.376. The van der Waals surface area contributed by atoms with Crippen LogP contribution in [0, 0.1) is 0 Å². The van der Waals surface area contributed by atoms with Crippen molar-refractivity contribution in [3.05, 3.63) is 54.0 Å². The molecule has 184 valence electrons. The lowest BCUT2D eigenvalue weighted by atomic mass is 10.0. The van der Waals surface area contributed by atoms with Crippen molar-refractivity contribution in [1.82, 2.24) is 14.4 Å². The molecule has 2 aromatic heterocycles.